The lowest BCUT2D eigenvalue weighted by atomic mass is 10.0. The second-order valence-corrected chi connectivity index (χ2v) is 4.28. The number of rotatable bonds is 6. The summed E-state index contributed by atoms with van der Waals surface area (Å²) in [6, 6.07) is 7.89. The van der Waals surface area contributed by atoms with Gasteiger partial charge in [-0.25, -0.2) is 0 Å². The summed E-state index contributed by atoms with van der Waals surface area (Å²) in [5.74, 6) is 0.834. The van der Waals surface area contributed by atoms with Crippen LogP contribution < -0.4 is 10.5 Å². The van der Waals surface area contributed by atoms with E-state index < -0.39 is 0 Å². The Kier molecular flexibility index (Phi) is 5.41. The molecule has 0 fully saturated rings. The topological polar surface area (TPSA) is 58.7 Å². The van der Waals surface area contributed by atoms with E-state index in [4.69, 9.17) is 10.5 Å². The molecule has 0 saturated carbocycles. The summed E-state index contributed by atoms with van der Waals surface area (Å²) in [6.07, 6.45) is -0.372. The van der Waals surface area contributed by atoms with Crippen molar-refractivity contribution in [2.45, 2.75) is 19.1 Å². The third-order valence-electron chi connectivity index (χ3n) is 2.81. The fourth-order valence-corrected chi connectivity index (χ4v) is 2.03. The number of aliphatic hydroxyl groups is 1. The van der Waals surface area contributed by atoms with Crippen molar-refractivity contribution in [2.24, 2.45) is 5.73 Å². The molecule has 0 spiro atoms. The fraction of sp³-hybridized carbons (Fsp3) is 0.538. The number of para-hydroxylation sites is 1. The molecule has 3 N–H and O–H groups in total. The first-order valence-electron chi connectivity index (χ1n) is 5.81. The number of hydrogen-bond donors (Lipinski definition) is 2. The lowest BCUT2D eigenvalue weighted by Gasteiger charge is -2.29. The summed E-state index contributed by atoms with van der Waals surface area (Å²) in [5, 5.41) is 9.43. The van der Waals surface area contributed by atoms with Crippen molar-refractivity contribution in [3.63, 3.8) is 0 Å². The van der Waals surface area contributed by atoms with Gasteiger partial charge in [-0.1, -0.05) is 18.2 Å². The van der Waals surface area contributed by atoms with E-state index in [1.54, 1.807) is 14.0 Å². The molecule has 0 aliphatic rings. The molecule has 1 aromatic rings. The number of nitrogens with zero attached hydrogens (tertiary/aromatic N) is 1. The second kappa shape index (κ2) is 6.59. The molecule has 0 aromatic heterocycles. The van der Waals surface area contributed by atoms with Gasteiger partial charge >= 0.3 is 0 Å². The van der Waals surface area contributed by atoms with Crippen LogP contribution in [0.15, 0.2) is 24.3 Å². The summed E-state index contributed by atoms with van der Waals surface area (Å²) in [7, 11) is 3.61. The Hall–Kier alpha value is -1.10. The van der Waals surface area contributed by atoms with Gasteiger partial charge in [-0.2, -0.15) is 0 Å². The normalized spacial score (nSPS) is 14.7. The van der Waals surface area contributed by atoms with E-state index in [-0.39, 0.29) is 12.1 Å². The van der Waals surface area contributed by atoms with Crippen molar-refractivity contribution < 1.29 is 9.84 Å². The van der Waals surface area contributed by atoms with Crippen LogP contribution in [0.2, 0.25) is 0 Å². The van der Waals surface area contributed by atoms with E-state index in [1.165, 1.54) is 0 Å². The maximum Gasteiger partial charge on any atom is 0.123 e. The van der Waals surface area contributed by atoms with Crippen molar-refractivity contribution in [1.82, 2.24) is 4.90 Å². The van der Waals surface area contributed by atoms with Gasteiger partial charge in [0.15, 0.2) is 0 Å². The first kappa shape index (κ1) is 14.0. The SMILES string of the molecule is COc1ccccc1C(CN)N(C)CC(C)O. The van der Waals surface area contributed by atoms with E-state index in [0.29, 0.717) is 13.1 Å². The van der Waals surface area contributed by atoms with Gasteiger partial charge < -0.3 is 15.6 Å². The highest BCUT2D eigenvalue weighted by atomic mass is 16.5. The predicted octanol–water partition coefficient (Wildman–Crippen LogP) is 1.01. The van der Waals surface area contributed by atoms with Gasteiger partial charge in [0.05, 0.1) is 19.3 Å². The van der Waals surface area contributed by atoms with Crippen LogP contribution in [0.3, 0.4) is 0 Å². The van der Waals surface area contributed by atoms with Gasteiger partial charge in [-0.15, -0.1) is 0 Å². The highest BCUT2D eigenvalue weighted by molar-refractivity contribution is 5.36. The molecule has 2 unspecified atom stereocenters. The number of methoxy groups -OCH3 is 1. The maximum absolute atomic E-state index is 9.43. The van der Waals surface area contributed by atoms with Crippen LogP contribution in [-0.2, 0) is 0 Å². The summed E-state index contributed by atoms with van der Waals surface area (Å²) >= 11 is 0. The zero-order valence-corrected chi connectivity index (χ0v) is 10.8. The van der Waals surface area contributed by atoms with Crippen LogP contribution in [0.5, 0.6) is 5.75 Å². The number of hydrogen-bond acceptors (Lipinski definition) is 4. The molecule has 0 saturated heterocycles. The average Bonchev–Trinajstić information content (AvgIpc) is 2.29. The molecule has 4 heteroatoms. The Labute approximate surface area is 103 Å². The smallest absolute Gasteiger partial charge is 0.123 e. The quantitative estimate of drug-likeness (QED) is 0.776. The van der Waals surface area contributed by atoms with Crippen LogP contribution >= 0.6 is 0 Å². The Balaban J connectivity index is 2.92. The molecule has 2 atom stereocenters. The van der Waals surface area contributed by atoms with Gasteiger partial charge in [0.1, 0.15) is 5.75 Å². The number of nitrogens with two attached hydrogens (primary N) is 1. The third-order valence-corrected chi connectivity index (χ3v) is 2.81. The largest absolute Gasteiger partial charge is 0.496 e. The van der Waals surface area contributed by atoms with Gasteiger partial charge in [0.2, 0.25) is 0 Å². The Morgan fingerprint density at radius 3 is 2.59 bits per heavy atom. The molecule has 0 radical (unpaired) electrons. The van der Waals surface area contributed by atoms with Gasteiger partial charge in [0, 0.05) is 18.7 Å². The highest BCUT2D eigenvalue weighted by Gasteiger charge is 2.19. The fourth-order valence-electron chi connectivity index (χ4n) is 2.03. The summed E-state index contributed by atoms with van der Waals surface area (Å²) in [5.41, 5.74) is 6.88. The molecule has 0 amide bonds. The van der Waals surface area contributed by atoms with Gasteiger partial charge in [-0.3, -0.25) is 4.90 Å². The Bertz CT molecular complexity index is 342. The monoisotopic (exact) mass is 238 g/mol. The van der Waals surface area contributed by atoms with Crippen LogP contribution in [0, 0.1) is 0 Å². The zero-order valence-electron chi connectivity index (χ0n) is 10.8. The van der Waals surface area contributed by atoms with E-state index in [1.807, 2.05) is 36.2 Å². The van der Waals surface area contributed by atoms with E-state index in [0.717, 1.165) is 11.3 Å². The number of ether oxygens (including phenoxy) is 1. The van der Waals surface area contributed by atoms with Crippen LogP contribution in [0.4, 0.5) is 0 Å². The molecular formula is C13H22N2O2. The Morgan fingerprint density at radius 1 is 1.41 bits per heavy atom. The molecule has 17 heavy (non-hydrogen) atoms. The summed E-state index contributed by atoms with van der Waals surface area (Å²) in [6.45, 7) is 2.84. The number of aliphatic hydroxyl groups excluding tert-OH is 1. The maximum atomic E-state index is 9.43. The van der Waals surface area contributed by atoms with Gasteiger partial charge in [-0.05, 0) is 20.0 Å². The van der Waals surface area contributed by atoms with Crippen LogP contribution in [0.25, 0.3) is 0 Å². The molecule has 0 heterocycles. The van der Waals surface area contributed by atoms with E-state index in [9.17, 15) is 5.11 Å². The lowest BCUT2D eigenvalue weighted by Crippen LogP contribution is -2.35. The average molecular weight is 238 g/mol. The minimum atomic E-state index is -0.372. The molecule has 1 aromatic carbocycles. The highest BCUT2D eigenvalue weighted by Crippen LogP contribution is 2.27. The standard InChI is InChI=1S/C13H22N2O2/c1-10(16)9-15(2)12(8-14)11-6-4-5-7-13(11)17-3/h4-7,10,12,16H,8-9,14H2,1-3H3. The minimum absolute atomic E-state index is 0.0562. The lowest BCUT2D eigenvalue weighted by molar-refractivity contribution is 0.118. The van der Waals surface area contributed by atoms with Crippen molar-refractivity contribution >= 4 is 0 Å². The Morgan fingerprint density at radius 2 is 2.06 bits per heavy atom. The first-order valence-corrected chi connectivity index (χ1v) is 5.81. The number of likely N-dealkylation sites (N-methyl/N-ethyl adjacent to an activating group) is 1. The molecule has 0 aliphatic heterocycles. The third kappa shape index (κ3) is 3.70. The van der Waals surface area contributed by atoms with Crippen molar-refractivity contribution in [2.75, 3.05) is 27.2 Å². The van der Waals surface area contributed by atoms with Crippen molar-refractivity contribution in [3.8, 4) is 5.75 Å². The van der Waals surface area contributed by atoms with E-state index >= 15 is 0 Å². The zero-order chi connectivity index (χ0) is 12.8. The van der Waals surface area contributed by atoms with E-state index in [2.05, 4.69) is 0 Å². The van der Waals surface area contributed by atoms with Crippen LogP contribution in [0.1, 0.15) is 18.5 Å². The molecule has 96 valence electrons. The first-order chi connectivity index (χ1) is 8.10. The molecule has 4 nitrogen and oxygen atoms in total. The predicted molar refractivity (Wildman–Crippen MR) is 69.1 cm³/mol. The second-order valence-electron chi connectivity index (χ2n) is 4.28. The molecular weight excluding hydrogens is 216 g/mol. The number of benzene rings is 1. The van der Waals surface area contributed by atoms with Crippen molar-refractivity contribution in [1.29, 1.82) is 0 Å². The van der Waals surface area contributed by atoms with Crippen LogP contribution in [-0.4, -0.2) is 43.4 Å². The molecule has 1 rings (SSSR count). The molecule has 0 bridgehead atoms. The summed E-state index contributed by atoms with van der Waals surface area (Å²) in [4.78, 5) is 2.04. The van der Waals surface area contributed by atoms with Crippen molar-refractivity contribution in [3.05, 3.63) is 29.8 Å². The summed E-state index contributed by atoms with van der Waals surface area (Å²) < 4.78 is 5.34. The minimum Gasteiger partial charge on any atom is -0.496 e. The molecule has 0 aliphatic carbocycles. The van der Waals surface area contributed by atoms with Gasteiger partial charge in [0.25, 0.3) is 0 Å².